The number of pyridine rings is 1. The molecule has 1 fully saturated rings. The van der Waals surface area contributed by atoms with E-state index in [9.17, 15) is 0 Å². The average molecular weight is 529 g/mol. The van der Waals surface area contributed by atoms with Crippen LogP contribution in [0.2, 0.25) is 0 Å². The Labute approximate surface area is 195 Å². The highest BCUT2D eigenvalue weighted by Crippen LogP contribution is 2.18. The highest BCUT2D eigenvalue weighted by atomic mass is 127. The number of nitrogens with zero attached hydrogens (tertiary/aromatic N) is 4. The molecule has 2 aromatic heterocycles. The fourth-order valence-corrected chi connectivity index (χ4v) is 4.21. The first-order valence-electron chi connectivity index (χ1n) is 10.3. The van der Waals surface area contributed by atoms with E-state index in [1.807, 2.05) is 19.2 Å². The molecule has 0 aliphatic carbocycles. The van der Waals surface area contributed by atoms with E-state index in [-0.39, 0.29) is 24.0 Å². The van der Waals surface area contributed by atoms with E-state index in [2.05, 4.69) is 51.5 Å². The minimum absolute atomic E-state index is 0. The Hall–Kier alpha value is -1.42. The molecule has 0 amide bonds. The summed E-state index contributed by atoms with van der Waals surface area (Å²) < 4.78 is 0. The van der Waals surface area contributed by atoms with Gasteiger partial charge in [-0.25, -0.2) is 9.97 Å². The second-order valence-electron chi connectivity index (χ2n) is 7.13. The number of nitrogens with one attached hydrogen (secondary N) is 2. The predicted molar refractivity (Wildman–Crippen MR) is 134 cm³/mol. The third-order valence-corrected chi connectivity index (χ3v) is 6.12. The van der Waals surface area contributed by atoms with Gasteiger partial charge in [-0.05, 0) is 45.2 Å². The van der Waals surface area contributed by atoms with Gasteiger partial charge in [-0.15, -0.1) is 35.3 Å². The lowest BCUT2D eigenvalue weighted by atomic mass is 10.1. The van der Waals surface area contributed by atoms with Crippen molar-refractivity contribution in [2.75, 3.05) is 31.1 Å². The minimum atomic E-state index is 0. The molecule has 1 saturated heterocycles. The zero-order valence-electron chi connectivity index (χ0n) is 17.6. The van der Waals surface area contributed by atoms with Crippen LogP contribution in [0.1, 0.15) is 42.3 Å². The largest absolute Gasteiger partial charge is 0.357 e. The normalized spacial score (nSPS) is 15.1. The Morgan fingerprint density at radius 3 is 2.72 bits per heavy atom. The number of hydrogen-bond acceptors (Lipinski definition) is 5. The first-order valence-corrected chi connectivity index (χ1v) is 11.2. The molecular formula is C21H33IN6S. The number of thiazole rings is 1. The van der Waals surface area contributed by atoms with Gasteiger partial charge in [-0.3, -0.25) is 4.99 Å². The van der Waals surface area contributed by atoms with E-state index in [1.165, 1.54) is 9.88 Å². The van der Waals surface area contributed by atoms with Crippen molar-refractivity contribution in [3.05, 3.63) is 40.0 Å². The number of hydrogen-bond donors (Lipinski definition) is 2. The first kappa shape index (κ1) is 23.9. The number of aromatic nitrogens is 2. The van der Waals surface area contributed by atoms with E-state index in [4.69, 9.17) is 4.99 Å². The smallest absolute Gasteiger partial charge is 0.191 e. The number of aliphatic imine (C=N–C) groups is 1. The van der Waals surface area contributed by atoms with Gasteiger partial charge >= 0.3 is 0 Å². The highest BCUT2D eigenvalue weighted by Gasteiger charge is 2.20. The van der Waals surface area contributed by atoms with E-state index in [0.29, 0.717) is 6.04 Å². The molecule has 6 nitrogen and oxygen atoms in total. The molecule has 1 aliphatic heterocycles. The Morgan fingerprint density at radius 2 is 2.07 bits per heavy atom. The molecular weight excluding hydrogens is 495 g/mol. The molecule has 3 heterocycles. The summed E-state index contributed by atoms with van der Waals surface area (Å²) in [4.78, 5) is 17.6. The van der Waals surface area contributed by atoms with Crippen LogP contribution in [0.5, 0.6) is 0 Å². The van der Waals surface area contributed by atoms with Crippen LogP contribution < -0.4 is 15.5 Å². The fraction of sp³-hybridized carbons (Fsp3) is 0.571. The summed E-state index contributed by atoms with van der Waals surface area (Å²) in [7, 11) is 0. The summed E-state index contributed by atoms with van der Waals surface area (Å²) in [6.45, 7) is 10.00. The average Bonchev–Trinajstić information content (AvgIpc) is 3.17. The van der Waals surface area contributed by atoms with Gasteiger partial charge in [0.1, 0.15) is 5.82 Å². The molecule has 0 atom stereocenters. The molecule has 3 rings (SSSR count). The number of piperidine rings is 1. The monoisotopic (exact) mass is 528 g/mol. The van der Waals surface area contributed by atoms with Gasteiger partial charge in [-0.1, -0.05) is 13.0 Å². The summed E-state index contributed by atoms with van der Waals surface area (Å²) in [5, 5.41) is 8.17. The van der Waals surface area contributed by atoms with Gasteiger partial charge in [0, 0.05) is 55.4 Å². The Balaban J connectivity index is 0.00000300. The highest BCUT2D eigenvalue weighted by molar-refractivity contribution is 14.0. The topological polar surface area (TPSA) is 65.4 Å². The molecule has 29 heavy (non-hydrogen) atoms. The van der Waals surface area contributed by atoms with Gasteiger partial charge in [0.05, 0.1) is 5.01 Å². The van der Waals surface area contributed by atoms with Crippen LogP contribution in [0.25, 0.3) is 0 Å². The maximum Gasteiger partial charge on any atom is 0.191 e. The molecule has 8 heteroatoms. The van der Waals surface area contributed by atoms with Crippen molar-refractivity contribution in [3.63, 3.8) is 0 Å². The van der Waals surface area contributed by atoms with Crippen molar-refractivity contribution in [1.29, 1.82) is 0 Å². The molecule has 0 aromatic carbocycles. The lowest BCUT2D eigenvalue weighted by molar-refractivity contribution is 0.459. The molecule has 160 valence electrons. The molecule has 2 N–H and O–H groups in total. The zero-order valence-corrected chi connectivity index (χ0v) is 20.8. The third kappa shape index (κ3) is 7.40. The molecule has 0 saturated carbocycles. The van der Waals surface area contributed by atoms with Crippen LogP contribution in [0.3, 0.4) is 0 Å². The summed E-state index contributed by atoms with van der Waals surface area (Å²) in [6.07, 6.45) is 6.13. The SMILES string of the molecule is CCNC(=NCCc1ncc(CC)s1)NC1CCN(c2cccc(C)n2)CC1.I. The van der Waals surface area contributed by atoms with Crippen LogP contribution in [-0.4, -0.2) is 48.1 Å². The summed E-state index contributed by atoms with van der Waals surface area (Å²) in [5.74, 6) is 2.01. The van der Waals surface area contributed by atoms with Crippen LogP contribution in [-0.2, 0) is 12.8 Å². The van der Waals surface area contributed by atoms with E-state index >= 15 is 0 Å². The van der Waals surface area contributed by atoms with Gasteiger partial charge in [-0.2, -0.15) is 0 Å². The Kier molecular flexibility index (Phi) is 10.1. The van der Waals surface area contributed by atoms with Gasteiger partial charge in [0.2, 0.25) is 0 Å². The maximum atomic E-state index is 4.76. The molecule has 1 aliphatic rings. The molecule has 0 bridgehead atoms. The lowest BCUT2D eigenvalue weighted by Gasteiger charge is -2.34. The number of guanidine groups is 1. The molecule has 0 spiro atoms. The summed E-state index contributed by atoms with van der Waals surface area (Å²) in [5.41, 5.74) is 1.07. The molecule has 0 unspecified atom stereocenters. The van der Waals surface area contributed by atoms with Gasteiger partial charge in [0.25, 0.3) is 0 Å². The minimum Gasteiger partial charge on any atom is -0.357 e. The fourth-order valence-electron chi connectivity index (χ4n) is 3.36. The lowest BCUT2D eigenvalue weighted by Crippen LogP contribution is -2.49. The summed E-state index contributed by atoms with van der Waals surface area (Å²) >= 11 is 1.80. The maximum absolute atomic E-state index is 4.76. The van der Waals surface area contributed by atoms with Crippen molar-refractivity contribution in [2.45, 2.75) is 52.5 Å². The van der Waals surface area contributed by atoms with Crippen LogP contribution in [0.4, 0.5) is 5.82 Å². The zero-order chi connectivity index (χ0) is 19.8. The second-order valence-corrected chi connectivity index (χ2v) is 8.33. The van der Waals surface area contributed by atoms with Crippen molar-refractivity contribution in [3.8, 4) is 0 Å². The van der Waals surface area contributed by atoms with Crippen molar-refractivity contribution < 1.29 is 0 Å². The Morgan fingerprint density at radius 1 is 1.28 bits per heavy atom. The quantitative estimate of drug-likeness (QED) is 0.325. The third-order valence-electron chi connectivity index (χ3n) is 4.92. The standard InChI is InChI=1S/C21H32N6S.HI/c1-4-18-15-24-20(28-18)9-12-23-21(22-5-2)26-17-10-13-27(14-11-17)19-8-6-7-16(3)25-19;/h6-8,15,17H,4-5,9-14H2,1-3H3,(H2,22,23,26);1H. The number of anilines is 1. The van der Waals surface area contributed by atoms with Crippen LogP contribution >= 0.6 is 35.3 Å². The molecule has 2 aromatic rings. The van der Waals surface area contributed by atoms with Gasteiger partial charge < -0.3 is 15.5 Å². The Bertz CT molecular complexity index is 770. The number of aryl methyl sites for hydroxylation is 2. The van der Waals surface area contributed by atoms with Crippen LogP contribution in [0.15, 0.2) is 29.4 Å². The van der Waals surface area contributed by atoms with Crippen LogP contribution in [0, 0.1) is 6.92 Å². The predicted octanol–water partition coefficient (Wildman–Crippen LogP) is 3.79. The van der Waals surface area contributed by atoms with E-state index in [0.717, 1.165) is 69.3 Å². The number of halogens is 1. The van der Waals surface area contributed by atoms with Crippen molar-refractivity contribution in [1.82, 2.24) is 20.6 Å². The molecule has 0 radical (unpaired) electrons. The van der Waals surface area contributed by atoms with Gasteiger partial charge in [0.15, 0.2) is 5.96 Å². The van der Waals surface area contributed by atoms with Crippen molar-refractivity contribution >= 4 is 47.1 Å². The van der Waals surface area contributed by atoms with E-state index < -0.39 is 0 Å². The number of rotatable bonds is 7. The van der Waals surface area contributed by atoms with E-state index in [1.54, 1.807) is 11.3 Å². The summed E-state index contributed by atoms with van der Waals surface area (Å²) in [6, 6.07) is 6.69. The first-order chi connectivity index (χ1) is 13.7. The van der Waals surface area contributed by atoms with Crippen molar-refractivity contribution in [2.24, 2.45) is 4.99 Å². The second kappa shape index (κ2) is 12.3.